The number of amides is 1. The second-order valence-corrected chi connectivity index (χ2v) is 13.6. The van der Waals surface area contributed by atoms with Gasteiger partial charge < -0.3 is 38.4 Å². The van der Waals surface area contributed by atoms with Crippen molar-refractivity contribution in [3.05, 3.63) is 120 Å². The van der Waals surface area contributed by atoms with E-state index in [1.165, 1.54) is 11.3 Å². The molecule has 1 amide bonds. The van der Waals surface area contributed by atoms with Gasteiger partial charge in [-0.3, -0.25) is 0 Å². The van der Waals surface area contributed by atoms with E-state index in [-0.39, 0.29) is 30.8 Å². The van der Waals surface area contributed by atoms with Crippen LogP contribution in [0.1, 0.15) is 41.9 Å². The standard InChI is InChI=1S/C42H49N3O6/c1-47-25-8-21-43-24-26-48-40-18-13-33(27-39(40)43)31-49-41-29-45(42(46)50-30-32-9-4-2-5-10-32)23-20-38(41)34-14-16-36(17-15-34)51-37-19-22-44(28-37)35-11-6-3-7-12-35/h2-7,9-18,27,37-38,41H,8,19-26,28-31H2,1H3/t37-,38?,41?/m0/s1. The summed E-state index contributed by atoms with van der Waals surface area (Å²) < 4.78 is 30.2. The first-order chi connectivity index (χ1) is 25.1. The number of piperidine rings is 1. The SMILES string of the molecule is COCCCN1CCOc2ccc(COC3CN(C(=O)OCc4ccccc4)CCC3c3ccc(O[C@H]4CCN(c5ccccc5)C4)cc3)cc21. The van der Waals surface area contributed by atoms with Crippen LogP contribution >= 0.6 is 0 Å². The lowest BCUT2D eigenvalue weighted by Crippen LogP contribution is -2.47. The van der Waals surface area contributed by atoms with Crippen molar-refractivity contribution in [3.63, 3.8) is 0 Å². The van der Waals surface area contributed by atoms with Crippen molar-refractivity contribution >= 4 is 17.5 Å². The van der Waals surface area contributed by atoms with E-state index in [2.05, 4.69) is 76.5 Å². The highest BCUT2D eigenvalue weighted by atomic mass is 16.6. The summed E-state index contributed by atoms with van der Waals surface area (Å²) in [5.41, 5.74) is 5.56. The molecule has 9 nitrogen and oxygen atoms in total. The minimum absolute atomic E-state index is 0.115. The smallest absolute Gasteiger partial charge is 0.410 e. The number of anilines is 2. The summed E-state index contributed by atoms with van der Waals surface area (Å²) in [4.78, 5) is 19.8. The number of carbonyl (C=O) groups excluding carboxylic acids is 1. The Morgan fingerprint density at radius 2 is 1.63 bits per heavy atom. The fourth-order valence-corrected chi connectivity index (χ4v) is 7.37. The van der Waals surface area contributed by atoms with E-state index in [0.717, 1.165) is 80.4 Å². The van der Waals surface area contributed by atoms with Gasteiger partial charge in [-0.05, 0) is 65.9 Å². The molecule has 3 aliphatic heterocycles. The van der Waals surface area contributed by atoms with E-state index < -0.39 is 0 Å². The summed E-state index contributed by atoms with van der Waals surface area (Å²) in [6, 6.07) is 35.1. The van der Waals surface area contributed by atoms with Gasteiger partial charge in [0.25, 0.3) is 0 Å². The molecule has 4 aromatic rings. The van der Waals surface area contributed by atoms with Gasteiger partial charge in [0.15, 0.2) is 0 Å². The number of hydrogen-bond acceptors (Lipinski definition) is 8. The summed E-state index contributed by atoms with van der Waals surface area (Å²) in [5.74, 6) is 1.89. The first-order valence-electron chi connectivity index (χ1n) is 18.3. The Kier molecular flexibility index (Phi) is 11.6. The summed E-state index contributed by atoms with van der Waals surface area (Å²) in [6.45, 7) is 6.73. The number of hydrogen-bond donors (Lipinski definition) is 0. The Hall–Kier alpha value is -4.73. The van der Waals surface area contributed by atoms with Crippen molar-refractivity contribution in [2.24, 2.45) is 0 Å². The van der Waals surface area contributed by atoms with Crippen LogP contribution in [0.15, 0.2) is 103 Å². The van der Waals surface area contributed by atoms with E-state index in [1.54, 1.807) is 12.0 Å². The Bertz CT molecular complexity index is 1690. The summed E-state index contributed by atoms with van der Waals surface area (Å²) in [6.07, 6.45) is 2.33. The number of likely N-dealkylation sites (tertiary alicyclic amines) is 1. The highest BCUT2D eigenvalue weighted by molar-refractivity contribution is 5.68. The summed E-state index contributed by atoms with van der Waals surface area (Å²) in [5, 5.41) is 0. The van der Waals surface area contributed by atoms with Crippen molar-refractivity contribution in [1.82, 2.24) is 4.90 Å². The Morgan fingerprint density at radius 1 is 0.824 bits per heavy atom. The van der Waals surface area contributed by atoms with Gasteiger partial charge in [-0.2, -0.15) is 0 Å². The number of ether oxygens (including phenoxy) is 5. The van der Waals surface area contributed by atoms with Gasteiger partial charge >= 0.3 is 6.09 Å². The van der Waals surface area contributed by atoms with Gasteiger partial charge in [0.05, 0.1) is 38.0 Å². The number of para-hydroxylation sites is 1. The van der Waals surface area contributed by atoms with Crippen LogP contribution in [-0.2, 0) is 27.4 Å². The van der Waals surface area contributed by atoms with Crippen molar-refractivity contribution in [2.75, 3.05) is 69.4 Å². The number of carbonyl (C=O) groups is 1. The zero-order valence-corrected chi connectivity index (χ0v) is 29.5. The highest BCUT2D eigenvalue weighted by Gasteiger charge is 2.34. The third kappa shape index (κ3) is 8.96. The third-order valence-corrected chi connectivity index (χ3v) is 10.1. The van der Waals surface area contributed by atoms with Gasteiger partial charge in [0, 0.05) is 51.4 Å². The molecular formula is C42H49N3O6. The van der Waals surface area contributed by atoms with Crippen LogP contribution in [0.5, 0.6) is 11.5 Å². The van der Waals surface area contributed by atoms with Gasteiger partial charge in [-0.15, -0.1) is 0 Å². The molecule has 0 saturated carbocycles. The lowest BCUT2D eigenvalue weighted by Gasteiger charge is -2.38. The van der Waals surface area contributed by atoms with E-state index in [4.69, 9.17) is 23.7 Å². The second kappa shape index (κ2) is 17.0. The molecule has 0 bridgehead atoms. The van der Waals surface area contributed by atoms with Crippen LogP contribution in [-0.4, -0.2) is 82.8 Å². The molecule has 0 spiro atoms. The zero-order chi connectivity index (χ0) is 34.8. The fourth-order valence-electron chi connectivity index (χ4n) is 7.37. The van der Waals surface area contributed by atoms with Crippen molar-refractivity contribution in [3.8, 4) is 11.5 Å². The van der Waals surface area contributed by atoms with E-state index >= 15 is 0 Å². The normalized spacial score (nSPS) is 20.1. The minimum atomic E-state index is -0.312. The molecule has 9 heteroatoms. The number of nitrogens with zero attached hydrogens (tertiary/aromatic N) is 3. The number of methoxy groups -OCH3 is 1. The first kappa shape index (κ1) is 34.7. The number of benzene rings is 4. The van der Waals surface area contributed by atoms with Crippen molar-refractivity contribution in [2.45, 2.75) is 50.6 Å². The lowest BCUT2D eigenvalue weighted by molar-refractivity contribution is -0.0246. The maximum absolute atomic E-state index is 13.3. The fraction of sp³-hybridized carbons (Fsp3) is 0.405. The van der Waals surface area contributed by atoms with Crippen LogP contribution in [0.25, 0.3) is 0 Å². The Morgan fingerprint density at radius 3 is 2.43 bits per heavy atom. The topological polar surface area (TPSA) is 72.9 Å². The molecule has 3 heterocycles. The van der Waals surface area contributed by atoms with Gasteiger partial charge in [0.1, 0.15) is 30.8 Å². The van der Waals surface area contributed by atoms with Crippen LogP contribution in [0.2, 0.25) is 0 Å². The van der Waals surface area contributed by atoms with Crippen molar-refractivity contribution < 1.29 is 28.5 Å². The Labute approximate surface area is 301 Å². The molecule has 4 aromatic carbocycles. The van der Waals surface area contributed by atoms with E-state index in [9.17, 15) is 4.79 Å². The lowest BCUT2D eigenvalue weighted by atomic mass is 9.87. The summed E-state index contributed by atoms with van der Waals surface area (Å²) in [7, 11) is 1.74. The third-order valence-electron chi connectivity index (χ3n) is 10.1. The average Bonchev–Trinajstić information content (AvgIpc) is 3.66. The molecule has 0 N–H and O–H groups in total. The largest absolute Gasteiger partial charge is 0.490 e. The first-order valence-corrected chi connectivity index (χ1v) is 18.3. The zero-order valence-electron chi connectivity index (χ0n) is 29.5. The predicted octanol–water partition coefficient (Wildman–Crippen LogP) is 7.29. The molecule has 3 atom stereocenters. The maximum atomic E-state index is 13.3. The molecule has 7 rings (SSSR count). The number of fused-ring (bicyclic) bond motifs is 1. The molecule has 2 fully saturated rings. The number of rotatable bonds is 13. The second-order valence-electron chi connectivity index (χ2n) is 13.6. The monoisotopic (exact) mass is 691 g/mol. The maximum Gasteiger partial charge on any atom is 0.410 e. The molecular weight excluding hydrogens is 642 g/mol. The quantitative estimate of drug-likeness (QED) is 0.136. The Balaban J connectivity index is 1.02. The molecule has 2 saturated heterocycles. The molecule has 0 radical (unpaired) electrons. The van der Waals surface area contributed by atoms with Gasteiger partial charge in [-0.25, -0.2) is 4.79 Å². The molecule has 2 unspecified atom stereocenters. The summed E-state index contributed by atoms with van der Waals surface area (Å²) >= 11 is 0. The average molecular weight is 692 g/mol. The van der Waals surface area contributed by atoms with E-state index in [0.29, 0.717) is 26.3 Å². The van der Waals surface area contributed by atoms with Crippen LogP contribution < -0.4 is 19.3 Å². The van der Waals surface area contributed by atoms with E-state index in [1.807, 2.05) is 36.4 Å². The minimum Gasteiger partial charge on any atom is -0.490 e. The molecule has 268 valence electrons. The molecule has 0 aliphatic carbocycles. The molecule has 0 aromatic heterocycles. The van der Waals surface area contributed by atoms with Crippen molar-refractivity contribution in [1.29, 1.82) is 0 Å². The van der Waals surface area contributed by atoms with Crippen LogP contribution in [0.3, 0.4) is 0 Å². The predicted molar refractivity (Wildman–Crippen MR) is 199 cm³/mol. The van der Waals surface area contributed by atoms with Gasteiger partial charge in [0.2, 0.25) is 0 Å². The molecule has 51 heavy (non-hydrogen) atoms. The van der Waals surface area contributed by atoms with Crippen LogP contribution in [0.4, 0.5) is 16.2 Å². The highest BCUT2D eigenvalue weighted by Crippen LogP contribution is 2.36. The molecule has 3 aliphatic rings. The van der Waals surface area contributed by atoms with Crippen LogP contribution in [0, 0.1) is 0 Å². The van der Waals surface area contributed by atoms with Gasteiger partial charge in [-0.1, -0.05) is 66.7 Å².